The van der Waals surface area contributed by atoms with Crippen LogP contribution in [0.2, 0.25) is 0 Å². The molecule has 0 saturated heterocycles. The van der Waals surface area contributed by atoms with E-state index in [1.54, 1.807) is 6.92 Å². The number of anilines is 1. The monoisotopic (exact) mass is 250 g/mol. The van der Waals surface area contributed by atoms with Gasteiger partial charge in [0.05, 0.1) is 5.56 Å². The van der Waals surface area contributed by atoms with E-state index < -0.39 is 5.82 Å². The Labute approximate surface area is 107 Å². The molecule has 0 aromatic heterocycles. The number of amides is 1. The zero-order valence-electron chi connectivity index (χ0n) is 11.0. The maximum Gasteiger partial charge on any atom is 0.254 e. The Morgan fingerprint density at radius 1 is 1.56 bits per heavy atom. The van der Waals surface area contributed by atoms with Crippen LogP contribution in [0.15, 0.2) is 12.1 Å². The molecule has 3 nitrogen and oxygen atoms in total. The van der Waals surface area contributed by atoms with E-state index in [0.717, 1.165) is 6.42 Å². The first kappa shape index (κ1) is 12.9. The maximum absolute atomic E-state index is 13.8. The van der Waals surface area contributed by atoms with Crippen molar-refractivity contribution in [3.63, 3.8) is 0 Å². The second kappa shape index (κ2) is 4.26. The minimum absolute atomic E-state index is 0.0333. The highest BCUT2D eigenvalue weighted by molar-refractivity contribution is 5.95. The van der Waals surface area contributed by atoms with Gasteiger partial charge in [-0.15, -0.1) is 0 Å². The summed E-state index contributed by atoms with van der Waals surface area (Å²) in [6.07, 6.45) is 1.10. The molecule has 1 amide bonds. The van der Waals surface area contributed by atoms with Gasteiger partial charge in [-0.25, -0.2) is 4.39 Å². The summed E-state index contributed by atoms with van der Waals surface area (Å²) in [4.78, 5) is 11.9. The average molecular weight is 250 g/mol. The lowest BCUT2D eigenvalue weighted by Crippen LogP contribution is -2.27. The van der Waals surface area contributed by atoms with E-state index in [2.05, 4.69) is 19.2 Å². The fourth-order valence-corrected chi connectivity index (χ4v) is 2.20. The minimum Gasteiger partial charge on any atom is -0.399 e. The van der Waals surface area contributed by atoms with Crippen molar-refractivity contribution in [3.8, 4) is 0 Å². The quantitative estimate of drug-likeness (QED) is 0.810. The lowest BCUT2D eigenvalue weighted by atomic mass is 10.1. The summed E-state index contributed by atoms with van der Waals surface area (Å²) in [7, 11) is 0. The van der Waals surface area contributed by atoms with Crippen LogP contribution in [0.3, 0.4) is 0 Å². The zero-order chi connectivity index (χ0) is 13.5. The molecule has 1 aromatic carbocycles. The van der Waals surface area contributed by atoms with Crippen molar-refractivity contribution in [2.24, 2.45) is 11.3 Å². The van der Waals surface area contributed by atoms with Gasteiger partial charge in [0.15, 0.2) is 0 Å². The molecule has 4 heteroatoms. The summed E-state index contributed by atoms with van der Waals surface area (Å²) in [5, 5.41) is 2.78. The smallest absolute Gasteiger partial charge is 0.254 e. The second-order valence-electron chi connectivity index (χ2n) is 5.80. The third-order valence-corrected chi connectivity index (χ3v) is 3.75. The molecular formula is C14H19FN2O. The van der Waals surface area contributed by atoms with E-state index in [4.69, 9.17) is 5.73 Å². The van der Waals surface area contributed by atoms with Gasteiger partial charge in [0, 0.05) is 12.2 Å². The first-order chi connectivity index (χ1) is 8.31. The molecule has 1 saturated carbocycles. The third kappa shape index (κ3) is 2.47. The molecular weight excluding hydrogens is 231 g/mol. The number of halogens is 1. The number of benzene rings is 1. The van der Waals surface area contributed by atoms with Crippen LogP contribution in [0.5, 0.6) is 0 Å². The number of rotatable bonds is 3. The van der Waals surface area contributed by atoms with Crippen molar-refractivity contribution in [3.05, 3.63) is 29.1 Å². The summed E-state index contributed by atoms with van der Waals surface area (Å²) in [6, 6.07) is 2.91. The van der Waals surface area contributed by atoms with Gasteiger partial charge in [0.2, 0.25) is 0 Å². The highest BCUT2D eigenvalue weighted by Gasteiger charge is 2.45. The van der Waals surface area contributed by atoms with Crippen LogP contribution in [0, 0.1) is 24.1 Å². The number of hydrogen-bond acceptors (Lipinski definition) is 2. The Hall–Kier alpha value is -1.58. The van der Waals surface area contributed by atoms with Crippen LogP contribution >= 0.6 is 0 Å². The normalized spacial score (nSPS) is 20.6. The largest absolute Gasteiger partial charge is 0.399 e. The Morgan fingerprint density at radius 3 is 2.72 bits per heavy atom. The van der Waals surface area contributed by atoms with Crippen LogP contribution in [0.1, 0.15) is 36.2 Å². The van der Waals surface area contributed by atoms with Crippen LogP contribution in [0.25, 0.3) is 0 Å². The molecule has 1 unspecified atom stereocenters. The predicted octanol–water partition coefficient (Wildman–Crippen LogP) is 2.49. The maximum atomic E-state index is 13.8. The van der Waals surface area contributed by atoms with Gasteiger partial charge in [-0.05, 0) is 42.4 Å². The van der Waals surface area contributed by atoms with E-state index in [-0.39, 0.29) is 11.5 Å². The Morgan fingerprint density at radius 2 is 2.17 bits per heavy atom. The van der Waals surface area contributed by atoms with Gasteiger partial charge < -0.3 is 11.1 Å². The Kier molecular flexibility index (Phi) is 3.05. The number of aryl methyl sites for hydroxylation is 1. The van der Waals surface area contributed by atoms with Crippen LogP contribution < -0.4 is 11.1 Å². The molecule has 1 aliphatic rings. The number of nitrogen functional groups attached to an aromatic ring is 1. The van der Waals surface area contributed by atoms with Gasteiger partial charge in [0.1, 0.15) is 5.82 Å². The highest BCUT2D eigenvalue weighted by Crippen LogP contribution is 2.50. The summed E-state index contributed by atoms with van der Waals surface area (Å²) in [5.74, 6) is -0.381. The summed E-state index contributed by atoms with van der Waals surface area (Å²) in [5.41, 5.74) is 6.77. The molecule has 1 atom stereocenters. The molecule has 18 heavy (non-hydrogen) atoms. The molecule has 3 N–H and O–H groups in total. The van der Waals surface area contributed by atoms with Gasteiger partial charge in [-0.3, -0.25) is 4.79 Å². The Bertz CT molecular complexity index is 497. The summed E-state index contributed by atoms with van der Waals surface area (Å²) < 4.78 is 13.8. The van der Waals surface area contributed by atoms with E-state index in [9.17, 15) is 9.18 Å². The highest BCUT2D eigenvalue weighted by atomic mass is 19.1. The van der Waals surface area contributed by atoms with Crippen molar-refractivity contribution in [1.82, 2.24) is 5.32 Å². The molecule has 2 rings (SSSR count). The molecule has 0 radical (unpaired) electrons. The molecule has 0 aliphatic heterocycles. The van der Waals surface area contributed by atoms with Gasteiger partial charge in [-0.2, -0.15) is 0 Å². The number of carbonyl (C=O) groups excluding carboxylic acids is 1. The fraction of sp³-hybridized carbons (Fsp3) is 0.500. The van der Waals surface area contributed by atoms with Gasteiger partial charge in [-0.1, -0.05) is 13.8 Å². The van der Waals surface area contributed by atoms with E-state index >= 15 is 0 Å². The first-order valence-corrected chi connectivity index (χ1v) is 6.15. The molecule has 0 heterocycles. The minimum atomic E-state index is -0.489. The van der Waals surface area contributed by atoms with E-state index in [0.29, 0.717) is 29.1 Å². The molecule has 1 aromatic rings. The SMILES string of the molecule is Cc1cc(N)cc(C(=O)NCC2CC2(C)C)c1F. The van der Waals surface area contributed by atoms with Crippen molar-refractivity contribution in [2.45, 2.75) is 27.2 Å². The number of hydrogen-bond donors (Lipinski definition) is 2. The average Bonchev–Trinajstić information content (AvgIpc) is 2.88. The lowest BCUT2D eigenvalue weighted by Gasteiger charge is -2.09. The molecule has 1 aliphatic carbocycles. The molecule has 0 spiro atoms. The fourth-order valence-electron chi connectivity index (χ4n) is 2.20. The van der Waals surface area contributed by atoms with E-state index in [1.807, 2.05) is 0 Å². The standard InChI is InChI=1S/C14H19FN2O/c1-8-4-10(16)5-11(12(8)15)13(18)17-7-9-6-14(9,2)3/h4-5,9H,6-7,16H2,1-3H3,(H,17,18). The molecule has 0 bridgehead atoms. The van der Waals surface area contributed by atoms with Crippen molar-refractivity contribution >= 4 is 11.6 Å². The summed E-state index contributed by atoms with van der Waals surface area (Å²) in [6.45, 7) is 6.52. The van der Waals surface area contributed by atoms with Gasteiger partial charge >= 0.3 is 0 Å². The van der Waals surface area contributed by atoms with Gasteiger partial charge in [0.25, 0.3) is 5.91 Å². The van der Waals surface area contributed by atoms with Crippen LogP contribution in [-0.4, -0.2) is 12.5 Å². The Balaban J connectivity index is 2.05. The molecule has 98 valence electrons. The zero-order valence-corrected chi connectivity index (χ0v) is 11.0. The molecule has 1 fully saturated rings. The van der Waals surface area contributed by atoms with Crippen molar-refractivity contribution < 1.29 is 9.18 Å². The summed E-state index contributed by atoms with van der Waals surface area (Å²) >= 11 is 0. The lowest BCUT2D eigenvalue weighted by molar-refractivity contribution is 0.0946. The first-order valence-electron chi connectivity index (χ1n) is 6.15. The van der Waals surface area contributed by atoms with Crippen molar-refractivity contribution in [1.29, 1.82) is 0 Å². The van der Waals surface area contributed by atoms with Crippen LogP contribution in [-0.2, 0) is 0 Å². The number of carbonyl (C=O) groups is 1. The topological polar surface area (TPSA) is 55.1 Å². The van der Waals surface area contributed by atoms with Crippen LogP contribution in [0.4, 0.5) is 10.1 Å². The predicted molar refractivity (Wildman–Crippen MR) is 69.8 cm³/mol. The van der Waals surface area contributed by atoms with E-state index in [1.165, 1.54) is 12.1 Å². The second-order valence-corrected chi connectivity index (χ2v) is 5.80. The number of nitrogens with two attached hydrogens (primary N) is 1. The third-order valence-electron chi connectivity index (χ3n) is 3.75. The van der Waals surface area contributed by atoms with Crippen molar-refractivity contribution in [2.75, 3.05) is 12.3 Å². The number of nitrogens with one attached hydrogen (secondary N) is 1.